The van der Waals surface area contributed by atoms with Gasteiger partial charge in [0.25, 0.3) is 0 Å². The second-order valence-electron chi connectivity index (χ2n) is 9.76. The molecule has 0 unspecified atom stereocenters. The predicted octanol–water partition coefficient (Wildman–Crippen LogP) is 8.22. The largest absolute Gasteiger partial charge is 0.314 e. The zero-order valence-electron chi connectivity index (χ0n) is 21.5. The fourth-order valence-corrected chi connectivity index (χ4v) is 5.65. The average molecular weight is 514 g/mol. The third kappa shape index (κ3) is 3.45. The Balaban J connectivity index is 1.54. The summed E-state index contributed by atoms with van der Waals surface area (Å²) in [4.78, 5) is 15.1. The molecule has 0 aliphatic heterocycles. The highest BCUT2D eigenvalue weighted by atomic mass is 15.2. The molecular weight excluding hydrogens is 490 g/mol. The van der Waals surface area contributed by atoms with Crippen LogP contribution in [0.3, 0.4) is 0 Å². The molecule has 4 aromatic carbocycles. The Kier molecular flexibility index (Phi) is 5.07. The van der Waals surface area contributed by atoms with Gasteiger partial charge in [-0.1, -0.05) is 115 Å². The van der Waals surface area contributed by atoms with Crippen LogP contribution in [0.15, 0.2) is 140 Å². The lowest BCUT2D eigenvalue weighted by Gasteiger charge is -2.12. The molecule has 0 N–H and O–H groups in total. The average Bonchev–Trinajstić information content (AvgIpc) is 3.55. The topological polar surface area (TPSA) is 48.0 Å². The maximum atomic E-state index is 5.11. The normalized spacial score (nSPS) is 11.5. The Hall–Kier alpha value is -5.55. The summed E-state index contributed by atoms with van der Waals surface area (Å²) in [5.41, 5.74) is 8.57. The summed E-state index contributed by atoms with van der Waals surface area (Å²) in [6.07, 6.45) is 2.14. The van der Waals surface area contributed by atoms with Crippen molar-refractivity contribution in [2.45, 2.75) is 0 Å². The first-order valence-corrected chi connectivity index (χ1v) is 13.3. The number of benzene rings is 4. The van der Waals surface area contributed by atoms with Crippen LogP contribution < -0.4 is 0 Å². The second-order valence-corrected chi connectivity index (χ2v) is 9.76. The van der Waals surface area contributed by atoms with Crippen LogP contribution >= 0.6 is 0 Å². The fraction of sp³-hybridized carbons (Fsp3) is 0. The number of hydrogen-bond donors (Lipinski definition) is 0. The molecule has 5 heteroatoms. The molecule has 0 saturated carbocycles. The second kappa shape index (κ2) is 9.03. The number of aromatic nitrogens is 5. The summed E-state index contributed by atoms with van der Waals surface area (Å²) in [6.45, 7) is 0. The van der Waals surface area contributed by atoms with Gasteiger partial charge in [0.05, 0.1) is 22.1 Å². The molecule has 188 valence electrons. The SMILES string of the molecule is c1ccc(-c2nc(-c3ccccc3)nc(-n3c4ccccc4c4c3c(-c3ccccc3)c3ccccn34)n2)cc1. The highest BCUT2D eigenvalue weighted by molar-refractivity contribution is 6.17. The zero-order chi connectivity index (χ0) is 26.5. The van der Waals surface area contributed by atoms with Gasteiger partial charge in [-0.05, 0) is 23.8 Å². The Labute approximate surface area is 230 Å². The molecule has 0 atom stereocenters. The van der Waals surface area contributed by atoms with E-state index in [1.807, 2.05) is 60.7 Å². The molecule has 0 radical (unpaired) electrons. The molecule has 0 fully saturated rings. The van der Waals surface area contributed by atoms with Gasteiger partial charge in [-0.15, -0.1) is 0 Å². The Morgan fingerprint density at radius 2 is 0.950 bits per heavy atom. The lowest BCUT2D eigenvalue weighted by Crippen LogP contribution is -2.06. The highest BCUT2D eigenvalue weighted by Gasteiger charge is 2.24. The molecule has 0 aliphatic rings. The quantitative estimate of drug-likeness (QED) is 0.238. The van der Waals surface area contributed by atoms with Gasteiger partial charge in [0.2, 0.25) is 5.95 Å². The van der Waals surface area contributed by atoms with Crippen LogP contribution in [0.4, 0.5) is 0 Å². The van der Waals surface area contributed by atoms with Crippen molar-refractivity contribution < 1.29 is 0 Å². The van der Waals surface area contributed by atoms with Crippen molar-refractivity contribution >= 4 is 27.5 Å². The standard InChI is InChI=1S/C35H23N5/c1-4-14-24(15-5-1)30-29-22-12-13-23-39(29)31-27-20-10-11-21-28(27)40(32(30)31)35-37-33(25-16-6-2-7-17-25)36-34(38-35)26-18-8-3-9-19-26/h1-23H. The van der Waals surface area contributed by atoms with Gasteiger partial charge in [0.15, 0.2) is 11.6 Å². The summed E-state index contributed by atoms with van der Waals surface area (Å²) in [6, 6.07) is 45.6. The molecule has 8 rings (SSSR count). The van der Waals surface area contributed by atoms with E-state index in [9.17, 15) is 0 Å². The van der Waals surface area contributed by atoms with Crippen molar-refractivity contribution in [1.82, 2.24) is 23.9 Å². The van der Waals surface area contributed by atoms with E-state index in [2.05, 4.69) is 88.0 Å². The summed E-state index contributed by atoms with van der Waals surface area (Å²) >= 11 is 0. The predicted molar refractivity (Wildman–Crippen MR) is 161 cm³/mol. The van der Waals surface area contributed by atoms with Gasteiger partial charge in [-0.2, -0.15) is 9.97 Å². The lowest BCUT2D eigenvalue weighted by molar-refractivity contribution is 0.954. The third-order valence-electron chi connectivity index (χ3n) is 7.39. The summed E-state index contributed by atoms with van der Waals surface area (Å²) < 4.78 is 4.49. The number of hydrogen-bond acceptors (Lipinski definition) is 3. The van der Waals surface area contributed by atoms with Crippen LogP contribution in [0.25, 0.3) is 67.3 Å². The first-order chi connectivity index (χ1) is 19.9. The van der Waals surface area contributed by atoms with Crippen molar-refractivity contribution in [1.29, 1.82) is 0 Å². The Morgan fingerprint density at radius 1 is 0.425 bits per heavy atom. The molecule has 40 heavy (non-hydrogen) atoms. The van der Waals surface area contributed by atoms with E-state index in [0.29, 0.717) is 17.6 Å². The molecule has 4 heterocycles. The van der Waals surface area contributed by atoms with Crippen LogP contribution in [0.5, 0.6) is 0 Å². The van der Waals surface area contributed by atoms with Crippen molar-refractivity contribution in [3.05, 3.63) is 140 Å². The van der Waals surface area contributed by atoms with E-state index in [0.717, 1.165) is 49.7 Å². The molecule has 4 aromatic heterocycles. The first-order valence-electron chi connectivity index (χ1n) is 13.3. The fourth-order valence-electron chi connectivity index (χ4n) is 5.65. The van der Waals surface area contributed by atoms with E-state index in [-0.39, 0.29) is 0 Å². The van der Waals surface area contributed by atoms with Crippen LogP contribution in [0.2, 0.25) is 0 Å². The highest BCUT2D eigenvalue weighted by Crippen LogP contribution is 2.42. The van der Waals surface area contributed by atoms with Crippen LogP contribution in [0, 0.1) is 0 Å². The van der Waals surface area contributed by atoms with Crippen molar-refractivity contribution in [2.75, 3.05) is 0 Å². The van der Waals surface area contributed by atoms with Gasteiger partial charge >= 0.3 is 0 Å². The molecule has 8 aromatic rings. The van der Waals surface area contributed by atoms with E-state index in [1.165, 1.54) is 0 Å². The zero-order valence-corrected chi connectivity index (χ0v) is 21.5. The van der Waals surface area contributed by atoms with Crippen molar-refractivity contribution in [3.8, 4) is 39.9 Å². The van der Waals surface area contributed by atoms with Crippen LogP contribution in [-0.2, 0) is 0 Å². The van der Waals surface area contributed by atoms with Gasteiger partial charge in [-0.3, -0.25) is 4.57 Å². The summed E-state index contributed by atoms with van der Waals surface area (Å²) in [5.74, 6) is 1.87. The molecule has 0 aliphatic carbocycles. The molecule has 0 amide bonds. The minimum Gasteiger partial charge on any atom is -0.314 e. The minimum atomic E-state index is 0.590. The summed E-state index contributed by atoms with van der Waals surface area (Å²) in [7, 11) is 0. The number of rotatable bonds is 4. The number of pyridine rings is 1. The van der Waals surface area contributed by atoms with Gasteiger partial charge in [0, 0.05) is 28.3 Å². The van der Waals surface area contributed by atoms with E-state index in [1.54, 1.807) is 0 Å². The van der Waals surface area contributed by atoms with Gasteiger partial charge in [0.1, 0.15) is 0 Å². The molecule has 0 spiro atoms. The molecule has 0 saturated heterocycles. The smallest absolute Gasteiger partial charge is 0.238 e. The number of para-hydroxylation sites is 1. The van der Waals surface area contributed by atoms with Crippen molar-refractivity contribution in [2.24, 2.45) is 0 Å². The monoisotopic (exact) mass is 513 g/mol. The maximum absolute atomic E-state index is 5.11. The number of nitrogens with zero attached hydrogens (tertiary/aromatic N) is 5. The van der Waals surface area contributed by atoms with E-state index >= 15 is 0 Å². The van der Waals surface area contributed by atoms with Gasteiger partial charge < -0.3 is 4.40 Å². The Morgan fingerprint density at radius 3 is 1.60 bits per heavy atom. The van der Waals surface area contributed by atoms with E-state index in [4.69, 9.17) is 15.0 Å². The maximum Gasteiger partial charge on any atom is 0.238 e. The lowest BCUT2D eigenvalue weighted by atomic mass is 10.1. The molecule has 0 bridgehead atoms. The number of fused-ring (bicyclic) bond motifs is 5. The van der Waals surface area contributed by atoms with Crippen LogP contribution in [-0.4, -0.2) is 23.9 Å². The van der Waals surface area contributed by atoms with Crippen molar-refractivity contribution in [3.63, 3.8) is 0 Å². The Bertz CT molecular complexity index is 2090. The molecular formula is C35H23N5. The molecule has 5 nitrogen and oxygen atoms in total. The van der Waals surface area contributed by atoms with Crippen LogP contribution in [0.1, 0.15) is 0 Å². The van der Waals surface area contributed by atoms with Gasteiger partial charge in [-0.25, -0.2) is 4.98 Å². The third-order valence-corrected chi connectivity index (χ3v) is 7.39. The first kappa shape index (κ1) is 22.4. The minimum absolute atomic E-state index is 0.590. The summed E-state index contributed by atoms with van der Waals surface area (Å²) in [5, 5.41) is 1.14. The van der Waals surface area contributed by atoms with E-state index < -0.39 is 0 Å².